The maximum absolute atomic E-state index is 5.19. The van der Waals surface area contributed by atoms with Crippen LogP contribution in [0.4, 0.5) is 5.95 Å². The maximum atomic E-state index is 5.19. The van der Waals surface area contributed by atoms with Crippen LogP contribution in [0.2, 0.25) is 0 Å². The molecule has 4 nitrogen and oxygen atoms in total. The summed E-state index contributed by atoms with van der Waals surface area (Å²) in [5.74, 6) is 1.57. The summed E-state index contributed by atoms with van der Waals surface area (Å²) in [6.45, 7) is 2.76. The minimum atomic E-state index is 0.679. The lowest BCUT2D eigenvalue weighted by Gasteiger charge is -2.06. The summed E-state index contributed by atoms with van der Waals surface area (Å²) in [5, 5.41) is 3.21. The summed E-state index contributed by atoms with van der Waals surface area (Å²) in [6.07, 6.45) is 2.67. The van der Waals surface area contributed by atoms with Crippen LogP contribution in [0.5, 0.6) is 5.75 Å². The molecule has 0 saturated heterocycles. The van der Waals surface area contributed by atoms with Crippen molar-refractivity contribution in [1.29, 1.82) is 0 Å². The first-order valence-electron chi connectivity index (χ1n) is 5.94. The molecule has 0 radical (unpaired) electrons. The number of aromatic nitrogens is 2. The fraction of sp³-hybridized carbons (Fsp3) is 0.286. The van der Waals surface area contributed by atoms with E-state index in [9.17, 15) is 0 Å². The first-order valence-corrected chi connectivity index (χ1v) is 5.94. The molecule has 0 bridgehead atoms. The molecule has 4 heteroatoms. The van der Waals surface area contributed by atoms with Crippen LogP contribution in [-0.2, 0) is 6.42 Å². The van der Waals surface area contributed by atoms with Crippen LogP contribution in [0.3, 0.4) is 0 Å². The van der Waals surface area contributed by atoms with Crippen LogP contribution >= 0.6 is 0 Å². The second-order valence-corrected chi connectivity index (χ2v) is 4.05. The second-order valence-electron chi connectivity index (χ2n) is 4.05. The van der Waals surface area contributed by atoms with Gasteiger partial charge in [0.1, 0.15) is 5.75 Å². The van der Waals surface area contributed by atoms with Crippen LogP contribution in [-0.4, -0.2) is 23.6 Å². The number of methoxy groups -OCH3 is 1. The van der Waals surface area contributed by atoms with Crippen molar-refractivity contribution in [3.05, 3.63) is 47.8 Å². The lowest BCUT2D eigenvalue weighted by Crippen LogP contribution is -2.08. The summed E-state index contributed by atoms with van der Waals surface area (Å²) in [7, 11) is 1.68. The van der Waals surface area contributed by atoms with E-state index in [1.807, 2.05) is 31.2 Å². The van der Waals surface area contributed by atoms with Crippen LogP contribution in [0.25, 0.3) is 0 Å². The Kier molecular flexibility index (Phi) is 4.12. The van der Waals surface area contributed by atoms with Gasteiger partial charge in [-0.2, -0.15) is 0 Å². The average molecular weight is 243 g/mol. The zero-order valence-electron chi connectivity index (χ0n) is 10.7. The van der Waals surface area contributed by atoms with E-state index in [4.69, 9.17) is 4.74 Å². The Morgan fingerprint density at radius 3 is 2.94 bits per heavy atom. The predicted octanol–water partition coefficient (Wildman–Crippen LogP) is 2.45. The number of nitrogens with zero attached hydrogens (tertiary/aromatic N) is 2. The van der Waals surface area contributed by atoms with E-state index in [1.165, 1.54) is 5.56 Å². The van der Waals surface area contributed by atoms with Gasteiger partial charge in [-0.15, -0.1) is 0 Å². The molecule has 0 unspecified atom stereocenters. The van der Waals surface area contributed by atoms with E-state index in [0.29, 0.717) is 5.95 Å². The molecular weight excluding hydrogens is 226 g/mol. The Hall–Kier alpha value is -2.10. The quantitative estimate of drug-likeness (QED) is 0.876. The summed E-state index contributed by atoms with van der Waals surface area (Å²) in [4.78, 5) is 8.45. The Morgan fingerprint density at radius 1 is 1.28 bits per heavy atom. The van der Waals surface area contributed by atoms with Gasteiger partial charge >= 0.3 is 0 Å². The van der Waals surface area contributed by atoms with E-state index < -0.39 is 0 Å². The monoisotopic (exact) mass is 243 g/mol. The third-order valence-electron chi connectivity index (χ3n) is 2.63. The number of benzene rings is 1. The lowest BCUT2D eigenvalue weighted by molar-refractivity contribution is 0.414. The highest BCUT2D eigenvalue weighted by Crippen LogP contribution is 2.12. The first kappa shape index (κ1) is 12.4. The van der Waals surface area contributed by atoms with E-state index in [2.05, 4.69) is 21.4 Å². The van der Waals surface area contributed by atoms with E-state index in [-0.39, 0.29) is 0 Å². The van der Waals surface area contributed by atoms with Crippen LogP contribution in [0.1, 0.15) is 11.3 Å². The van der Waals surface area contributed by atoms with E-state index in [1.54, 1.807) is 13.3 Å². The largest absolute Gasteiger partial charge is 0.497 e. The smallest absolute Gasteiger partial charge is 0.222 e. The zero-order chi connectivity index (χ0) is 12.8. The molecule has 0 aliphatic carbocycles. The molecule has 2 rings (SSSR count). The van der Waals surface area contributed by atoms with Crippen LogP contribution < -0.4 is 10.1 Å². The summed E-state index contributed by atoms with van der Waals surface area (Å²) >= 11 is 0. The number of nitrogens with one attached hydrogen (secondary N) is 1. The molecule has 0 aliphatic rings. The number of anilines is 1. The van der Waals surface area contributed by atoms with Crippen molar-refractivity contribution >= 4 is 5.95 Å². The molecule has 1 N–H and O–H groups in total. The van der Waals surface area contributed by atoms with Crippen molar-refractivity contribution in [2.45, 2.75) is 13.3 Å². The Labute approximate surface area is 107 Å². The topological polar surface area (TPSA) is 47.0 Å². The van der Waals surface area contributed by atoms with Gasteiger partial charge in [0.15, 0.2) is 0 Å². The number of ether oxygens (including phenoxy) is 1. The van der Waals surface area contributed by atoms with E-state index in [0.717, 1.165) is 24.4 Å². The number of rotatable bonds is 5. The SMILES string of the molecule is COc1cccc(CCNc2nccc(C)n2)c1. The molecule has 0 atom stereocenters. The molecule has 1 aromatic heterocycles. The van der Waals surface area contributed by atoms with Crippen molar-refractivity contribution in [2.75, 3.05) is 19.0 Å². The van der Waals surface area contributed by atoms with Crippen molar-refractivity contribution in [1.82, 2.24) is 9.97 Å². The van der Waals surface area contributed by atoms with E-state index >= 15 is 0 Å². The number of hydrogen-bond donors (Lipinski definition) is 1. The standard InChI is InChI=1S/C14H17N3O/c1-11-6-8-15-14(17-11)16-9-7-12-4-3-5-13(10-12)18-2/h3-6,8,10H,7,9H2,1-2H3,(H,15,16,17). The molecule has 1 heterocycles. The van der Waals surface area contributed by atoms with Gasteiger partial charge in [-0.25, -0.2) is 9.97 Å². The Morgan fingerprint density at radius 2 is 2.17 bits per heavy atom. The number of hydrogen-bond acceptors (Lipinski definition) is 4. The number of aryl methyl sites for hydroxylation is 1. The van der Waals surface area contributed by atoms with Gasteiger partial charge in [0.05, 0.1) is 7.11 Å². The van der Waals surface area contributed by atoms with Gasteiger partial charge in [-0.05, 0) is 37.1 Å². The fourth-order valence-electron chi connectivity index (χ4n) is 1.68. The van der Waals surface area contributed by atoms with Gasteiger partial charge in [0.25, 0.3) is 0 Å². The van der Waals surface area contributed by atoms with Crippen LogP contribution in [0, 0.1) is 6.92 Å². The minimum Gasteiger partial charge on any atom is -0.497 e. The molecule has 0 spiro atoms. The molecule has 94 valence electrons. The van der Waals surface area contributed by atoms with Gasteiger partial charge in [0, 0.05) is 18.4 Å². The predicted molar refractivity (Wildman–Crippen MR) is 72.0 cm³/mol. The third-order valence-corrected chi connectivity index (χ3v) is 2.63. The zero-order valence-corrected chi connectivity index (χ0v) is 10.7. The Balaban J connectivity index is 1.88. The highest BCUT2D eigenvalue weighted by atomic mass is 16.5. The molecule has 18 heavy (non-hydrogen) atoms. The van der Waals surface area contributed by atoms with Gasteiger partial charge in [-0.3, -0.25) is 0 Å². The van der Waals surface area contributed by atoms with Gasteiger partial charge < -0.3 is 10.1 Å². The molecule has 0 saturated carbocycles. The second kappa shape index (κ2) is 6.00. The van der Waals surface area contributed by atoms with Crippen molar-refractivity contribution in [2.24, 2.45) is 0 Å². The normalized spacial score (nSPS) is 10.1. The third kappa shape index (κ3) is 3.45. The van der Waals surface area contributed by atoms with Crippen molar-refractivity contribution in [3.8, 4) is 5.75 Å². The molecular formula is C14H17N3O. The lowest BCUT2D eigenvalue weighted by atomic mass is 10.1. The molecule has 0 fully saturated rings. The van der Waals surface area contributed by atoms with Crippen molar-refractivity contribution in [3.63, 3.8) is 0 Å². The minimum absolute atomic E-state index is 0.679. The molecule has 0 amide bonds. The van der Waals surface area contributed by atoms with Crippen molar-refractivity contribution < 1.29 is 4.74 Å². The van der Waals surface area contributed by atoms with Gasteiger partial charge in [-0.1, -0.05) is 12.1 Å². The summed E-state index contributed by atoms with van der Waals surface area (Å²) < 4.78 is 5.19. The molecule has 2 aromatic rings. The highest BCUT2D eigenvalue weighted by molar-refractivity contribution is 5.30. The molecule has 0 aliphatic heterocycles. The maximum Gasteiger partial charge on any atom is 0.222 e. The summed E-state index contributed by atoms with van der Waals surface area (Å²) in [5.41, 5.74) is 2.20. The van der Waals surface area contributed by atoms with Crippen LogP contribution in [0.15, 0.2) is 36.5 Å². The Bertz CT molecular complexity index is 514. The first-order chi connectivity index (χ1) is 8.78. The molecule has 1 aromatic carbocycles. The average Bonchev–Trinajstić information content (AvgIpc) is 2.39. The van der Waals surface area contributed by atoms with Gasteiger partial charge in [0.2, 0.25) is 5.95 Å². The summed E-state index contributed by atoms with van der Waals surface area (Å²) in [6, 6.07) is 9.95. The highest BCUT2D eigenvalue weighted by Gasteiger charge is 1.98. The fourth-order valence-corrected chi connectivity index (χ4v) is 1.68.